The molecule has 0 aromatic carbocycles. The van der Waals surface area contributed by atoms with Gasteiger partial charge in [0, 0.05) is 0 Å². The van der Waals surface area contributed by atoms with E-state index >= 15 is 4.39 Å². The molecule has 2 heteroatoms. The van der Waals surface area contributed by atoms with Crippen molar-refractivity contribution in [2.45, 2.75) is 150 Å². The largest absolute Gasteiger partial charge is 0.393 e. The van der Waals surface area contributed by atoms with Gasteiger partial charge in [-0.05, 0) is 98.7 Å². The molecular weight excluding hydrogens is 467 g/mol. The summed E-state index contributed by atoms with van der Waals surface area (Å²) in [6.07, 6.45) is 24.0. The number of rotatable bonds is 14. The average Bonchev–Trinajstić information content (AvgIpc) is 2.88. The Balaban J connectivity index is 1.84. The van der Waals surface area contributed by atoms with Crippen LogP contribution >= 0.6 is 0 Å². The van der Waals surface area contributed by atoms with Crippen molar-refractivity contribution in [3.8, 4) is 0 Å². The third-order valence-electron chi connectivity index (χ3n) is 10.9. The Kier molecular flexibility index (Phi) is 13.4. The van der Waals surface area contributed by atoms with Gasteiger partial charge in [0.1, 0.15) is 6.17 Å². The number of hydrogen-bond donors (Lipinski definition) is 1. The molecule has 0 spiro atoms. The van der Waals surface area contributed by atoms with Crippen molar-refractivity contribution in [1.82, 2.24) is 0 Å². The Hall–Kier alpha value is -0.630. The Morgan fingerprint density at radius 2 is 1.82 bits per heavy atom. The minimum absolute atomic E-state index is 0.0665. The van der Waals surface area contributed by atoms with Gasteiger partial charge in [0.05, 0.1) is 6.10 Å². The molecule has 38 heavy (non-hydrogen) atoms. The summed E-state index contributed by atoms with van der Waals surface area (Å²) in [6.45, 7) is 13.8. The second-order valence-corrected chi connectivity index (χ2v) is 14.5. The highest BCUT2D eigenvalue weighted by Gasteiger charge is 2.47. The third-order valence-corrected chi connectivity index (χ3v) is 10.9. The van der Waals surface area contributed by atoms with Gasteiger partial charge < -0.3 is 5.11 Å². The van der Waals surface area contributed by atoms with E-state index in [0.29, 0.717) is 30.1 Å². The van der Waals surface area contributed by atoms with E-state index in [0.717, 1.165) is 43.4 Å². The lowest BCUT2D eigenvalue weighted by molar-refractivity contribution is -0.0632. The molecule has 0 aromatic rings. The summed E-state index contributed by atoms with van der Waals surface area (Å²) in [6, 6.07) is 0. The molecule has 1 fully saturated rings. The van der Waals surface area contributed by atoms with Crippen LogP contribution in [0.1, 0.15) is 138 Å². The Morgan fingerprint density at radius 3 is 2.53 bits per heavy atom. The molecule has 1 N–H and O–H groups in total. The summed E-state index contributed by atoms with van der Waals surface area (Å²) in [7, 11) is 0. The van der Waals surface area contributed by atoms with Crippen molar-refractivity contribution in [1.29, 1.82) is 0 Å². The van der Waals surface area contributed by atoms with Crippen molar-refractivity contribution in [2.24, 2.45) is 53.3 Å². The molecule has 0 heterocycles. The van der Waals surface area contributed by atoms with Crippen LogP contribution in [-0.2, 0) is 0 Å². The zero-order chi connectivity index (χ0) is 27.7. The molecule has 3 aliphatic carbocycles. The highest BCUT2D eigenvalue weighted by molar-refractivity contribution is 5.09. The fourth-order valence-electron chi connectivity index (χ4n) is 8.70. The summed E-state index contributed by atoms with van der Waals surface area (Å²) in [5.74, 6) is 4.39. The van der Waals surface area contributed by atoms with Crippen LogP contribution < -0.4 is 0 Å². The molecule has 0 amide bonds. The van der Waals surface area contributed by atoms with Crippen LogP contribution in [0.25, 0.3) is 0 Å². The van der Waals surface area contributed by atoms with Crippen LogP contribution in [0, 0.1) is 53.3 Å². The summed E-state index contributed by atoms with van der Waals surface area (Å²) in [5.41, 5.74) is 1.45. The number of allylic oxidation sites excluding steroid dienone is 4. The molecule has 1 saturated carbocycles. The lowest BCUT2D eigenvalue weighted by Gasteiger charge is -2.51. The molecule has 0 aromatic heterocycles. The SMILES string of the molecule is CCC[C@H](C)CCCC1CC(CCCCC(C)C)C[C@@H]([C@H](O)C2CCC=C(C)C2)C1C1C=CCC(F)C1C. The van der Waals surface area contributed by atoms with Gasteiger partial charge in [-0.15, -0.1) is 0 Å². The molecule has 0 bridgehead atoms. The van der Waals surface area contributed by atoms with Gasteiger partial charge in [0.25, 0.3) is 0 Å². The van der Waals surface area contributed by atoms with E-state index in [1.807, 2.05) is 0 Å². The molecule has 1 nitrogen and oxygen atoms in total. The maximum atomic E-state index is 15.1. The first-order valence-corrected chi connectivity index (χ1v) is 16.9. The number of unbranched alkanes of at least 4 members (excludes halogenated alkanes) is 1. The summed E-state index contributed by atoms with van der Waals surface area (Å²) >= 11 is 0. The zero-order valence-electron chi connectivity index (χ0n) is 26.0. The lowest BCUT2D eigenvalue weighted by atomic mass is 9.55. The predicted octanol–water partition coefficient (Wildman–Crippen LogP) is 10.7. The first-order chi connectivity index (χ1) is 18.2. The molecular formula is C36H63FO. The molecule has 3 rings (SSSR count). The minimum Gasteiger partial charge on any atom is -0.393 e. The van der Waals surface area contributed by atoms with Gasteiger partial charge in [-0.2, -0.15) is 0 Å². The zero-order valence-corrected chi connectivity index (χ0v) is 26.0. The van der Waals surface area contributed by atoms with Crippen LogP contribution in [0.3, 0.4) is 0 Å². The first kappa shape index (κ1) is 31.9. The second kappa shape index (κ2) is 16.0. The van der Waals surface area contributed by atoms with Crippen LogP contribution in [-0.4, -0.2) is 17.4 Å². The maximum absolute atomic E-state index is 15.1. The van der Waals surface area contributed by atoms with E-state index in [9.17, 15) is 5.11 Å². The average molecular weight is 531 g/mol. The van der Waals surface area contributed by atoms with E-state index in [2.05, 4.69) is 59.8 Å². The Labute approximate surface area is 236 Å². The van der Waals surface area contributed by atoms with Gasteiger partial charge >= 0.3 is 0 Å². The monoisotopic (exact) mass is 530 g/mol. The molecule has 7 unspecified atom stereocenters. The van der Waals surface area contributed by atoms with Crippen molar-refractivity contribution in [3.05, 3.63) is 23.8 Å². The summed E-state index contributed by atoms with van der Waals surface area (Å²) in [4.78, 5) is 0. The van der Waals surface area contributed by atoms with Gasteiger partial charge in [0.15, 0.2) is 0 Å². The van der Waals surface area contributed by atoms with Gasteiger partial charge in [-0.1, -0.05) is 116 Å². The maximum Gasteiger partial charge on any atom is 0.107 e. The van der Waals surface area contributed by atoms with E-state index < -0.39 is 6.17 Å². The van der Waals surface area contributed by atoms with E-state index in [1.165, 1.54) is 69.8 Å². The highest BCUT2D eigenvalue weighted by Crippen LogP contribution is 2.52. The number of aliphatic hydroxyl groups is 1. The molecule has 10 atom stereocenters. The highest BCUT2D eigenvalue weighted by atomic mass is 19.1. The van der Waals surface area contributed by atoms with Gasteiger partial charge in [0.2, 0.25) is 0 Å². The van der Waals surface area contributed by atoms with Crippen LogP contribution in [0.15, 0.2) is 23.8 Å². The first-order valence-electron chi connectivity index (χ1n) is 16.9. The minimum atomic E-state index is -0.735. The predicted molar refractivity (Wildman–Crippen MR) is 163 cm³/mol. The normalized spacial score (nSPS) is 35.8. The van der Waals surface area contributed by atoms with Crippen molar-refractivity contribution >= 4 is 0 Å². The Morgan fingerprint density at radius 1 is 1.03 bits per heavy atom. The van der Waals surface area contributed by atoms with E-state index in [4.69, 9.17) is 0 Å². The number of halogens is 1. The standard InChI is InChI=1S/C36H63FO/c1-7-13-26(4)15-10-18-30-23-29(17-9-8-14-25(2)3)24-33(36(38)31-19-11-16-27(5)22-31)35(30)32-20-12-21-34(37)28(32)6/h12,16,20,25-26,28-36,38H,7-11,13-15,17-19,21-24H2,1-6H3/t26-,28?,29?,30?,31?,32?,33+,34?,35?,36+/m0/s1. The summed E-state index contributed by atoms with van der Waals surface area (Å²) in [5, 5.41) is 12.1. The van der Waals surface area contributed by atoms with Gasteiger partial charge in [-0.25, -0.2) is 4.39 Å². The van der Waals surface area contributed by atoms with Crippen LogP contribution in [0.2, 0.25) is 0 Å². The topological polar surface area (TPSA) is 20.2 Å². The number of aliphatic hydroxyl groups excluding tert-OH is 1. The number of hydrogen-bond acceptors (Lipinski definition) is 1. The quantitative estimate of drug-likeness (QED) is 0.175. The fourth-order valence-corrected chi connectivity index (χ4v) is 8.70. The van der Waals surface area contributed by atoms with Crippen molar-refractivity contribution < 1.29 is 9.50 Å². The van der Waals surface area contributed by atoms with Crippen molar-refractivity contribution in [3.63, 3.8) is 0 Å². The third kappa shape index (κ3) is 9.21. The lowest BCUT2D eigenvalue weighted by Crippen LogP contribution is -2.48. The van der Waals surface area contributed by atoms with Gasteiger partial charge in [-0.3, -0.25) is 0 Å². The molecule has 3 aliphatic rings. The smallest absolute Gasteiger partial charge is 0.107 e. The summed E-state index contributed by atoms with van der Waals surface area (Å²) < 4.78 is 15.1. The number of alkyl halides is 1. The van der Waals surface area contributed by atoms with Crippen LogP contribution in [0.4, 0.5) is 4.39 Å². The molecule has 220 valence electrons. The van der Waals surface area contributed by atoms with E-state index in [1.54, 1.807) is 0 Å². The fraction of sp³-hybridized carbons (Fsp3) is 0.889. The van der Waals surface area contributed by atoms with Crippen molar-refractivity contribution in [2.75, 3.05) is 0 Å². The molecule has 0 aliphatic heterocycles. The molecule has 0 radical (unpaired) electrons. The Bertz CT molecular complexity index is 725. The van der Waals surface area contributed by atoms with E-state index in [-0.39, 0.29) is 17.9 Å². The van der Waals surface area contributed by atoms with Crippen LogP contribution in [0.5, 0.6) is 0 Å². The molecule has 0 saturated heterocycles. The second-order valence-electron chi connectivity index (χ2n) is 14.5.